The number of nitrogens with one attached hydrogen (secondary N) is 1. The Hall–Kier alpha value is -0.590. The van der Waals surface area contributed by atoms with Crippen molar-refractivity contribution in [3.8, 4) is 0 Å². The summed E-state index contributed by atoms with van der Waals surface area (Å²) in [5.41, 5.74) is 0. The number of nitrogens with zero attached hydrogens (tertiary/aromatic N) is 5. The second kappa shape index (κ2) is 12.2. The van der Waals surface area contributed by atoms with E-state index < -0.39 is 0 Å². The van der Waals surface area contributed by atoms with Crippen LogP contribution in [0.15, 0.2) is 4.99 Å². The van der Waals surface area contributed by atoms with Crippen molar-refractivity contribution >= 4 is 41.7 Å². The van der Waals surface area contributed by atoms with E-state index in [1.54, 1.807) is 0 Å². The third kappa shape index (κ3) is 6.46. The summed E-state index contributed by atoms with van der Waals surface area (Å²) in [7, 11) is 1.98. The van der Waals surface area contributed by atoms with E-state index in [1.165, 1.54) is 0 Å². The molecular weight excluding hydrogens is 491 g/mol. The van der Waals surface area contributed by atoms with Gasteiger partial charge in [-0.2, -0.15) is 11.8 Å². The van der Waals surface area contributed by atoms with Crippen LogP contribution in [0.25, 0.3) is 0 Å². The van der Waals surface area contributed by atoms with Crippen LogP contribution in [0.3, 0.4) is 0 Å². The topological polar surface area (TPSA) is 76.8 Å². The standard InChI is InChI=1S/C18H32N6O2S.HI/c1-14-21-22-17(23(14)2)12-20-18(19-7-5-11-27-3)24-8-10-26-16(13-24)15-6-4-9-25-15;/h15-16H,4-13H2,1-3H3,(H,19,20);1H. The van der Waals surface area contributed by atoms with Crippen LogP contribution in [0.1, 0.15) is 30.9 Å². The molecule has 2 fully saturated rings. The minimum absolute atomic E-state index is 0. The molecule has 0 aliphatic carbocycles. The summed E-state index contributed by atoms with van der Waals surface area (Å²) in [5, 5.41) is 11.9. The van der Waals surface area contributed by atoms with Gasteiger partial charge in [0.25, 0.3) is 0 Å². The molecule has 0 amide bonds. The van der Waals surface area contributed by atoms with E-state index in [9.17, 15) is 0 Å². The zero-order valence-corrected chi connectivity index (χ0v) is 20.2. The highest BCUT2D eigenvalue weighted by atomic mass is 127. The van der Waals surface area contributed by atoms with Gasteiger partial charge in [-0.15, -0.1) is 34.2 Å². The summed E-state index contributed by atoms with van der Waals surface area (Å²) in [6.07, 6.45) is 5.81. The number of morpholine rings is 1. The molecule has 0 spiro atoms. The van der Waals surface area contributed by atoms with Crippen molar-refractivity contribution in [2.24, 2.45) is 12.0 Å². The van der Waals surface area contributed by atoms with E-state index in [4.69, 9.17) is 14.5 Å². The predicted octanol–water partition coefficient (Wildman–Crippen LogP) is 1.82. The van der Waals surface area contributed by atoms with Crippen LogP contribution in [-0.4, -0.2) is 82.7 Å². The Labute approximate surface area is 189 Å². The van der Waals surface area contributed by atoms with Gasteiger partial charge in [-0.3, -0.25) is 0 Å². The van der Waals surface area contributed by atoms with Gasteiger partial charge < -0.3 is 24.3 Å². The maximum atomic E-state index is 5.99. The van der Waals surface area contributed by atoms with E-state index >= 15 is 0 Å². The summed E-state index contributed by atoms with van der Waals surface area (Å²) in [6.45, 7) is 6.61. The van der Waals surface area contributed by atoms with Gasteiger partial charge in [0.2, 0.25) is 0 Å². The minimum atomic E-state index is 0. The first kappa shape index (κ1) is 23.7. The maximum absolute atomic E-state index is 5.99. The molecule has 8 nitrogen and oxygen atoms in total. The molecule has 160 valence electrons. The van der Waals surface area contributed by atoms with Gasteiger partial charge in [0.05, 0.1) is 12.7 Å². The molecular formula is C18H33IN6O2S. The molecule has 3 heterocycles. The summed E-state index contributed by atoms with van der Waals surface area (Å²) >= 11 is 1.87. The zero-order valence-electron chi connectivity index (χ0n) is 17.1. The van der Waals surface area contributed by atoms with Crippen molar-refractivity contribution in [2.75, 3.05) is 44.9 Å². The van der Waals surface area contributed by atoms with E-state index in [1.807, 2.05) is 30.3 Å². The van der Waals surface area contributed by atoms with E-state index in [0.29, 0.717) is 13.2 Å². The van der Waals surface area contributed by atoms with Crippen LogP contribution in [0.5, 0.6) is 0 Å². The largest absolute Gasteiger partial charge is 0.375 e. The molecule has 1 aromatic heterocycles. The van der Waals surface area contributed by atoms with Gasteiger partial charge in [-0.25, -0.2) is 4.99 Å². The fraction of sp³-hybridized carbons (Fsp3) is 0.833. The summed E-state index contributed by atoms with van der Waals surface area (Å²) < 4.78 is 13.8. The summed E-state index contributed by atoms with van der Waals surface area (Å²) in [4.78, 5) is 7.16. The van der Waals surface area contributed by atoms with Gasteiger partial charge in [-0.05, 0) is 38.2 Å². The van der Waals surface area contributed by atoms with E-state index in [2.05, 4.69) is 26.7 Å². The quantitative estimate of drug-likeness (QED) is 0.253. The molecule has 10 heteroatoms. The third-order valence-electron chi connectivity index (χ3n) is 5.13. The predicted molar refractivity (Wildman–Crippen MR) is 124 cm³/mol. The van der Waals surface area contributed by atoms with Gasteiger partial charge in [0.1, 0.15) is 18.5 Å². The number of hydrogen-bond acceptors (Lipinski definition) is 6. The van der Waals surface area contributed by atoms with Crippen molar-refractivity contribution < 1.29 is 9.47 Å². The molecule has 2 aliphatic heterocycles. The van der Waals surface area contributed by atoms with Crippen molar-refractivity contribution in [3.63, 3.8) is 0 Å². The molecule has 28 heavy (non-hydrogen) atoms. The Morgan fingerprint density at radius 1 is 1.29 bits per heavy atom. The van der Waals surface area contributed by atoms with Crippen molar-refractivity contribution in [3.05, 3.63) is 11.6 Å². The van der Waals surface area contributed by atoms with Crippen molar-refractivity contribution in [2.45, 2.75) is 44.9 Å². The Morgan fingerprint density at radius 3 is 2.79 bits per heavy atom. The second-order valence-corrected chi connectivity index (χ2v) is 8.03. The first-order valence-electron chi connectivity index (χ1n) is 9.79. The first-order valence-corrected chi connectivity index (χ1v) is 11.2. The number of aromatic nitrogens is 3. The number of halogens is 1. The first-order chi connectivity index (χ1) is 13.2. The van der Waals surface area contributed by atoms with Crippen LogP contribution in [0, 0.1) is 6.92 Å². The number of guanidine groups is 1. The van der Waals surface area contributed by atoms with Gasteiger partial charge >= 0.3 is 0 Å². The summed E-state index contributed by atoms with van der Waals surface area (Å²) in [6, 6.07) is 0. The van der Waals surface area contributed by atoms with Gasteiger partial charge in [0.15, 0.2) is 11.8 Å². The monoisotopic (exact) mass is 524 g/mol. The van der Waals surface area contributed by atoms with Crippen LogP contribution in [0.2, 0.25) is 0 Å². The minimum Gasteiger partial charge on any atom is -0.375 e. The van der Waals surface area contributed by atoms with Crippen LogP contribution in [-0.2, 0) is 23.1 Å². The smallest absolute Gasteiger partial charge is 0.194 e. The molecule has 2 unspecified atom stereocenters. The molecule has 2 saturated heterocycles. The Balaban J connectivity index is 0.00000280. The molecule has 0 bridgehead atoms. The second-order valence-electron chi connectivity index (χ2n) is 7.04. The number of thioether (sulfide) groups is 1. The lowest BCUT2D eigenvalue weighted by Crippen LogP contribution is -2.53. The fourth-order valence-corrected chi connectivity index (χ4v) is 3.84. The number of aryl methyl sites for hydroxylation is 1. The average molecular weight is 524 g/mol. The van der Waals surface area contributed by atoms with Crippen LogP contribution < -0.4 is 5.32 Å². The molecule has 0 radical (unpaired) electrons. The fourth-order valence-electron chi connectivity index (χ4n) is 3.41. The lowest BCUT2D eigenvalue weighted by molar-refractivity contribution is -0.0817. The molecule has 2 aliphatic rings. The Morgan fingerprint density at radius 2 is 2.11 bits per heavy atom. The highest BCUT2D eigenvalue weighted by Crippen LogP contribution is 2.21. The zero-order chi connectivity index (χ0) is 19.1. The number of rotatable bonds is 7. The van der Waals surface area contributed by atoms with Crippen LogP contribution in [0.4, 0.5) is 0 Å². The lowest BCUT2D eigenvalue weighted by atomic mass is 10.1. The molecule has 0 aromatic carbocycles. The normalized spacial score (nSPS) is 23.0. The Kier molecular flexibility index (Phi) is 10.3. The lowest BCUT2D eigenvalue weighted by Gasteiger charge is -2.37. The molecule has 3 rings (SSSR count). The maximum Gasteiger partial charge on any atom is 0.194 e. The highest BCUT2D eigenvalue weighted by Gasteiger charge is 2.32. The van der Waals surface area contributed by atoms with Crippen LogP contribution >= 0.6 is 35.7 Å². The number of hydrogen-bond donors (Lipinski definition) is 1. The SMILES string of the molecule is CSCCCNC(=NCc1nnc(C)n1C)N1CCOC(C2CCCO2)C1.I. The summed E-state index contributed by atoms with van der Waals surface area (Å²) in [5.74, 6) is 3.85. The van der Waals surface area contributed by atoms with E-state index in [0.717, 1.165) is 68.9 Å². The third-order valence-corrected chi connectivity index (χ3v) is 5.83. The molecule has 1 N–H and O–H groups in total. The molecule has 1 aromatic rings. The van der Waals surface area contributed by atoms with Gasteiger partial charge in [-0.1, -0.05) is 0 Å². The van der Waals surface area contributed by atoms with Gasteiger partial charge in [0, 0.05) is 33.3 Å². The number of aliphatic imine (C=N–C) groups is 1. The number of ether oxygens (including phenoxy) is 2. The van der Waals surface area contributed by atoms with E-state index in [-0.39, 0.29) is 36.2 Å². The Bertz CT molecular complexity index is 623. The average Bonchev–Trinajstić information content (AvgIpc) is 3.33. The highest BCUT2D eigenvalue weighted by molar-refractivity contribution is 14.0. The molecule has 2 atom stereocenters. The van der Waals surface area contributed by atoms with Crippen molar-refractivity contribution in [1.82, 2.24) is 25.0 Å². The van der Waals surface area contributed by atoms with Crippen molar-refractivity contribution in [1.29, 1.82) is 0 Å². The molecule has 0 saturated carbocycles.